The van der Waals surface area contributed by atoms with Crippen molar-refractivity contribution < 1.29 is 22.7 Å². The van der Waals surface area contributed by atoms with E-state index < -0.39 is 28.4 Å². The van der Waals surface area contributed by atoms with Crippen molar-refractivity contribution in [3.05, 3.63) is 75.7 Å². The van der Waals surface area contributed by atoms with Crippen LogP contribution in [0.1, 0.15) is 38.3 Å². The molecule has 0 bridgehead atoms. The van der Waals surface area contributed by atoms with E-state index in [9.17, 15) is 18.0 Å². The van der Waals surface area contributed by atoms with Crippen molar-refractivity contribution in [3.63, 3.8) is 0 Å². The topological polar surface area (TPSA) is 92.8 Å². The van der Waals surface area contributed by atoms with Gasteiger partial charge in [0.1, 0.15) is 11.5 Å². The van der Waals surface area contributed by atoms with Gasteiger partial charge in [-0.2, -0.15) is 0 Å². The Hall–Kier alpha value is -3.17. The highest BCUT2D eigenvalue weighted by atomic mass is 32.2. The van der Waals surface area contributed by atoms with E-state index in [0.29, 0.717) is 16.3 Å². The number of methoxy groups -OCH3 is 1. The van der Waals surface area contributed by atoms with Crippen LogP contribution in [0, 0.1) is 13.8 Å². The van der Waals surface area contributed by atoms with Crippen molar-refractivity contribution in [2.45, 2.75) is 38.0 Å². The van der Waals surface area contributed by atoms with Gasteiger partial charge in [-0.15, -0.1) is 11.3 Å². The summed E-state index contributed by atoms with van der Waals surface area (Å²) in [6.45, 7) is 3.23. The molecule has 1 aromatic heterocycles. The van der Waals surface area contributed by atoms with Crippen molar-refractivity contribution >= 4 is 43.9 Å². The molecule has 1 heterocycles. The van der Waals surface area contributed by atoms with Gasteiger partial charge in [0, 0.05) is 4.88 Å². The normalized spacial score (nSPS) is 12.8. The number of carbonyl (C=O) groups excluding carboxylic acids is 2. The maximum absolute atomic E-state index is 13.6. The van der Waals surface area contributed by atoms with Gasteiger partial charge in [-0.05, 0) is 68.0 Å². The number of rotatable bonds is 7. The predicted molar refractivity (Wildman–Crippen MR) is 133 cm³/mol. The van der Waals surface area contributed by atoms with Crippen molar-refractivity contribution in [2.24, 2.45) is 0 Å². The monoisotopic (exact) mass is 498 g/mol. The number of benzene rings is 2. The van der Waals surface area contributed by atoms with Crippen LogP contribution in [-0.2, 0) is 32.4 Å². The Morgan fingerprint density at radius 1 is 1.09 bits per heavy atom. The zero-order valence-electron chi connectivity index (χ0n) is 19.3. The molecular weight excluding hydrogens is 472 g/mol. The van der Waals surface area contributed by atoms with Gasteiger partial charge in [0.2, 0.25) is 5.91 Å². The van der Waals surface area contributed by atoms with Gasteiger partial charge in [0.15, 0.2) is 0 Å². The second kappa shape index (κ2) is 9.60. The third-order valence-corrected chi connectivity index (χ3v) is 8.80. The fraction of sp³-hybridized carbons (Fsp3) is 0.280. The number of hydrogen-bond donors (Lipinski definition) is 1. The molecule has 0 spiro atoms. The van der Waals surface area contributed by atoms with Crippen LogP contribution in [0.15, 0.2) is 53.4 Å². The summed E-state index contributed by atoms with van der Waals surface area (Å²) in [6.07, 6.45) is 2.55. The van der Waals surface area contributed by atoms with E-state index in [-0.39, 0.29) is 4.90 Å². The number of carbonyl (C=O) groups is 2. The Balaban J connectivity index is 1.70. The third-order valence-electron chi connectivity index (χ3n) is 5.82. The van der Waals surface area contributed by atoms with Crippen molar-refractivity contribution in [3.8, 4) is 0 Å². The van der Waals surface area contributed by atoms with Crippen LogP contribution < -0.4 is 9.62 Å². The molecule has 1 aliphatic carbocycles. The van der Waals surface area contributed by atoms with Gasteiger partial charge in [-0.1, -0.05) is 30.3 Å². The molecule has 4 rings (SSSR count). The van der Waals surface area contributed by atoms with Gasteiger partial charge < -0.3 is 10.1 Å². The van der Waals surface area contributed by atoms with Crippen LogP contribution in [0.3, 0.4) is 0 Å². The maximum atomic E-state index is 13.6. The molecule has 3 aromatic rings. The van der Waals surface area contributed by atoms with E-state index in [2.05, 4.69) is 5.32 Å². The molecule has 0 atom stereocenters. The van der Waals surface area contributed by atoms with Crippen LogP contribution in [0.5, 0.6) is 0 Å². The van der Waals surface area contributed by atoms with Crippen LogP contribution >= 0.6 is 11.3 Å². The van der Waals surface area contributed by atoms with Crippen molar-refractivity contribution in [1.82, 2.24) is 0 Å². The van der Waals surface area contributed by atoms with E-state index >= 15 is 0 Å². The molecule has 0 saturated heterocycles. The maximum Gasteiger partial charge on any atom is 0.341 e. The Morgan fingerprint density at radius 2 is 1.82 bits per heavy atom. The number of ether oxygens (including phenoxy) is 1. The smallest absolute Gasteiger partial charge is 0.341 e. The minimum absolute atomic E-state index is 0.0917. The highest BCUT2D eigenvalue weighted by molar-refractivity contribution is 7.92. The molecule has 0 radical (unpaired) electrons. The third kappa shape index (κ3) is 4.58. The molecule has 0 fully saturated rings. The number of nitrogens with one attached hydrogen (secondary N) is 1. The number of esters is 1. The lowest BCUT2D eigenvalue weighted by Crippen LogP contribution is -2.38. The van der Waals surface area contributed by atoms with E-state index in [0.717, 1.165) is 45.1 Å². The fourth-order valence-corrected chi connectivity index (χ4v) is 6.91. The summed E-state index contributed by atoms with van der Waals surface area (Å²) in [4.78, 5) is 26.8. The zero-order valence-corrected chi connectivity index (χ0v) is 20.9. The molecule has 34 heavy (non-hydrogen) atoms. The van der Waals surface area contributed by atoms with Crippen LogP contribution in [0.2, 0.25) is 0 Å². The number of anilines is 2. The Morgan fingerprint density at radius 3 is 2.53 bits per heavy atom. The molecule has 9 heteroatoms. The van der Waals surface area contributed by atoms with E-state index in [4.69, 9.17) is 4.74 Å². The largest absolute Gasteiger partial charge is 0.465 e. The molecule has 1 aliphatic rings. The standard InChI is InChI=1S/C25H26N2O5S2/c1-16-12-13-17(2)20(14-16)27(34(30,31)18-8-5-4-6-9-18)15-22(28)26-24-23(25(29)32-3)19-10-7-11-21(19)33-24/h4-6,8-9,12-14H,7,10-11,15H2,1-3H3,(H,26,28). The van der Waals surface area contributed by atoms with Crippen molar-refractivity contribution in [1.29, 1.82) is 0 Å². The number of nitrogens with zero attached hydrogens (tertiary/aromatic N) is 1. The molecule has 1 amide bonds. The van der Waals surface area contributed by atoms with Crippen LogP contribution in [-0.4, -0.2) is 33.9 Å². The minimum atomic E-state index is -4.02. The summed E-state index contributed by atoms with van der Waals surface area (Å²) in [5, 5.41) is 3.19. The Bertz CT molecular complexity index is 1350. The van der Waals surface area contributed by atoms with E-state index in [1.165, 1.54) is 30.6 Å². The van der Waals surface area contributed by atoms with Crippen molar-refractivity contribution in [2.75, 3.05) is 23.3 Å². The van der Waals surface area contributed by atoms with Crippen LogP contribution in [0.4, 0.5) is 10.7 Å². The zero-order chi connectivity index (χ0) is 24.5. The first kappa shape index (κ1) is 24.0. The average molecular weight is 499 g/mol. The predicted octanol–water partition coefficient (Wildman–Crippen LogP) is 4.47. The lowest BCUT2D eigenvalue weighted by atomic mass is 10.1. The van der Waals surface area contributed by atoms with Gasteiger partial charge in [-0.3, -0.25) is 9.10 Å². The van der Waals surface area contributed by atoms with Gasteiger partial charge in [0.25, 0.3) is 10.0 Å². The quantitative estimate of drug-likeness (QED) is 0.485. The SMILES string of the molecule is COC(=O)c1c(NC(=O)CN(c2cc(C)ccc2C)S(=O)(=O)c2ccccc2)sc2c1CCC2. The number of hydrogen-bond acceptors (Lipinski definition) is 6. The lowest BCUT2D eigenvalue weighted by Gasteiger charge is -2.26. The summed E-state index contributed by atoms with van der Waals surface area (Å²) >= 11 is 1.35. The second-order valence-electron chi connectivity index (χ2n) is 8.22. The second-order valence-corrected chi connectivity index (χ2v) is 11.2. The number of amides is 1. The minimum Gasteiger partial charge on any atom is -0.465 e. The fourth-order valence-electron chi connectivity index (χ4n) is 4.11. The number of fused-ring (bicyclic) bond motifs is 1. The molecule has 7 nitrogen and oxygen atoms in total. The molecule has 178 valence electrons. The molecular formula is C25H26N2O5S2. The molecule has 0 unspecified atom stereocenters. The van der Waals surface area contributed by atoms with Crippen LogP contribution in [0.25, 0.3) is 0 Å². The summed E-state index contributed by atoms with van der Waals surface area (Å²) in [6, 6.07) is 13.5. The van der Waals surface area contributed by atoms with E-state index in [1.54, 1.807) is 31.2 Å². The first-order chi connectivity index (χ1) is 16.2. The number of thiophene rings is 1. The highest BCUT2D eigenvalue weighted by Gasteiger charge is 2.31. The Kier molecular flexibility index (Phi) is 6.77. The molecule has 1 N–H and O–H groups in total. The lowest BCUT2D eigenvalue weighted by molar-refractivity contribution is -0.114. The van der Waals surface area contributed by atoms with Gasteiger partial charge in [-0.25, -0.2) is 13.2 Å². The van der Waals surface area contributed by atoms with E-state index in [1.807, 2.05) is 19.1 Å². The molecule has 0 saturated carbocycles. The number of aryl methyl sites for hydroxylation is 3. The molecule has 2 aromatic carbocycles. The first-order valence-electron chi connectivity index (χ1n) is 10.9. The summed E-state index contributed by atoms with van der Waals surface area (Å²) in [7, 11) is -2.72. The Labute approximate surface area is 203 Å². The van der Waals surface area contributed by atoms with Gasteiger partial charge >= 0.3 is 5.97 Å². The summed E-state index contributed by atoms with van der Waals surface area (Å²) in [5.74, 6) is -1.04. The average Bonchev–Trinajstić information content (AvgIpc) is 3.40. The molecule has 0 aliphatic heterocycles. The number of sulfonamides is 1. The summed E-state index contributed by atoms with van der Waals surface area (Å²) in [5.41, 5.74) is 3.31. The first-order valence-corrected chi connectivity index (χ1v) is 13.2. The highest BCUT2D eigenvalue weighted by Crippen LogP contribution is 2.39. The summed E-state index contributed by atoms with van der Waals surface area (Å²) < 4.78 is 33.3. The van der Waals surface area contributed by atoms with Gasteiger partial charge in [0.05, 0.1) is 23.3 Å².